The molecule has 0 fully saturated rings. The Morgan fingerprint density at radius 1 is 1.43 bits per heavy atom. The van der Waals surface area contributed by atoms with Gasteiger partial charge in [-0.05, 0) is 6.92 Å². The van der Waals surface area contributed by atoms with Gasteiger partial charge in [0.25, 0.3) is 0 Å². The van der Waals surface area contributed by atoms with Crippen molar-refractivity contribution in [2.24, 2.45) is 7.05 Å². The number of carboxylic acids is 1. The van der Waals surface area contributed by atoms with E-state index in [1.807, 2.05) is 6.92 Å². The van der Waals surface area contributed by atoms with Gasteiger partial charge in [-0.2, -0.15) is 5.10 Å². The van der Waals surface area contributed by atoms with E-state index in [-0.39, 0.29) is 24.6 Å². The summed E-state index contributed by atoms with van der Waals surface area (Å²) in [5.74, 6) is -1.29. The van der Waals surface area contributed by atoms with Crippen LogP contribution in [0.1, 0.15) is 23.8 Å². The van der Waals surface area contributed by atoms with Crippen LogP contribution in [-0.4, -0.2) is 48.3 Å². The number of aryl methyl sites for hydroxylation is 2. The van der Waals surface area contributed by atoms with E-state index in [0.717, 1.165) is 0 Å². The normalized spacial score (nSPS) is 10.6. The fraction of sp³-hybridized carbons (Fsp3) is 0.417. The van der Waals surface area contributed by atoms with E-state index < -0.39 is 5.97 Å². The van der Waals surface area contributed by atoms with E-state index in [2.05, 4.69) is 20.7 Å². The summed E-state index contributed by atoms with van der Waals surface area (Å²) < 4.78 is 2.97. The third kappa shape index (κ3) is 3.25. The lowest BCUT2D eigenvalue weighted by molar-refractivity contribution is -0.121. The second-order valence-electron chi connectivity index (χ2n) is 4.42. The standard InChI is InChI=1S/C12H16N6O3/c1-3-13-9(19)4-5-18-11(8-6-14-17(2)7-8)10(12(20)21)15-16-18/h6-7H,3-5H2,1-2H3,(H,13,19)(H,20,21). The molecule has 0 aliphatic carbocycles. The van der Waals surface area contributed by atoms with Gasteiger partial charge in [0.15, 0.2) is 5.69 Å². The number of hydrogen-bond acceptors (Lipinski definition) is 5. The maximum Gasteiger partial charge on any atom is 0.358 e. The van der Waals surface area contributed by atoms with Crippen molar-refractivity contribution >= 4 is 11.9 Å². The largest absolute Gasteiger partial charge is 0.476 e. The number of carbonyl (C=O) groups excluding carboxylic acids is 1. The minimum atomic E-state index is -1.17. The second-order valence-corrected chi connectivity index (χ2v) is 4.42. The molecule has 0 spiro atoms. The Morgan fingerprint density at radius 3 is 2.76 bits per heavy atom. The molecule has 0 saturated heterocycles. The molecule has 1 amide bonds. The molecule has 2 aromatic heterocycles. The molecule has 9 heteroatoms. The lowest BCUT2D eigenvalue weighted by Gasteiger charge is -2.05. The van der Waals surface area contributed by atoms with Crippen molar-refractivity contribution in [1.82, 2.24) is 30.1 Å². The predicted molar refractivity (Wildman–Crippen MR) is 72.5 cm³/mol. The van der Waals surface area contributed by atoms with Crippen molar-refractivity contribution in [2.75, 3.05) is 6.54 Å². The highest BCUT2D eigenvalue weighted by atomic mass is 16.4. The average Bonchev–Trinajstić information content (AvgIpc) is 3.02. The zero-order chi connectivity index (χ0) is 15.4. The summed E-state index contributed by atoms with van der Waals surface area (Å²) in [5.41, 5.74) is 0.787. The number of nitrogens with one attached hydrogen (secondary N) is 1. The topological polar surface area (TPSA) is 115 Å². The molecule has 0 saturated carbocycles. The molecule has 0 radical (unpaired) electrons. The van der Waals surface area contributed by atoms with E-state index in [9.17, 15) is 14.7 Å². The van der Waals surface area contributed by atoms with Gasteiger partial charge in [-0.1, -0.05) is 5.21 Å². The van der Waals surface area contributed by atoms with Gasteiger partial charge in [0.1, 0.15) is 5.69 Å². The molecule has 0 unspecified atom stereocenters. The fourth-order valence-electron chi connectivity index (χ4n) is 1.94. The maximum absolute atomic E-state index is 11.5. The minimum Gasteiger partial charge on any atom is -0.476 e. The highest BCUT2D eigenvalue weighted by Crippen LogP contribution is 2.21. The molecule has 0 aliphatic heterocycles. The minimum absolute atomic E-state index is 0.123. The molecule has 2 rings (SSSR count). The number of hydrogen-bond donors (Lipinski definition) is 2. The first-order valence-electron chi connectivity index (χ1n) is 6.45. The number of rotatable bonds is 6. The molecule has 21 heavy (non-hydrogen) atoms. The summed E-state index contributed by atoms with van der Waals surface area (Å²) in [5, 5.41) is 23.4. The van der Waals surface area contributed by atoms with Crippen molar-refractivity contribution in [3.05, 3.63) is 18.1 Å². The van der Waals surface area contributed by atoms with E-state index in [0.29, 0.717) is 17.8 Å². The van der Waals surface area contributed by atoms with Gasteiger partial charge in [0, 0.05) is 31.8 Å². The molecule has 112 valence electrons. The van der Waals surface area contributed by atoms with E-state index >= 15 is 0 Å². The monoisotopic (exact) mass is 292 g/mol. The van der Waals surface area contributed by atoms with Gasteiger partial charge in [0.2, 0.25) is 5.91 Å². The highest BCUT2D eigenvalue weighted by Gasteiger charge is 2.21. The van der Waals surface area contributed by atoms with Crippen molar-refractivity contribution < 1.29 is 14.7 Å². The number of carbonyl (C=O) groups is 2. The van der Waals surface area contributed by atoms with Crippen LogP contribution in [0.25, 0.3) is 11.3 Å². The molecule has 0 bridgehead atoms. The number of aromatic nitrogens is 5. The Bertz CT molecular complexity index is 660. The molecule has 0 atom stereocenters. The fourth-order valence-corrected chi connectivity index (χ4v) is 1.94. The summed E-state index contributed by atoms with van der Waals surface area (Å²) in [6.45, 7) is 2.62. The van der Waals surface area contributed by atoms with Crippen LogP contribution in [0, 0.1) is 0 Å². The van der Waals surface area contributed by atoms with Gasteiger partial charge in [-0.15, -0.1) is 5.10 Å². The smallest absolute Gasteiger partial charge is 0.358 e. The summed E-state index contributed by atoms with van der Waals surface area (Å²) >= 11 is 0. The number of nitrogens with zero attached hydrogens (tertiary/aromatic N) is 5. The summed E-state index contributed by atoms with van der Waals surface area (Å²) in [6, 6.07) is 0. The Morgan fingerprint density at radius 2 is 2.19 bits per heavy atom. The quantitative estimate of drug-likeness (QED) is 0.768. The Hall–Kier alpha value is -2.71. The molecule has 2 aromatic rings. The first-order chi connectivity index (χ1) is 10.0. The maximum atomic E-state index is 11.5. The number of aromatic carboxylic acids is 1. The van der Waals surface area contributed by atoms with Crippen LogP contribution >= 0.6 is 0 Å². The average molecular weight is 292 g/mol. The van der Waals surface area contributed by atoms with Gasteiger partial charge in [-0.3, -0.25) is 9.48 Å². The zero-order valence-corrected chi connectivity index (χ0v) is 11.8. The van der Waals surface area contributed by atoms with Crippen LogP contribution in [-0.2, 0) is 18.4 Å². The third-order valence-corrected chi connectivity index (χ3v) is 2.84. The lowest BCUT2D eigenvalue weighted by Crippen LogP contribution is -2.24. The summed E-state index contributed by atoms with van der Waals surface area (Å²) in [7, 11) is 1.73. The summed E-state index contributed by atoms with van der Waals surface area (Å²) in [6.07, 6.45) is 3.41. The first kappa shape index (κ1) is 14.7. The molecular weight excluding hydrogens is 276 g/mol. The van der Waals surface area contributed by atoms with Crippen molar-refractivity contribution in [3.8, 4) is 11.3 Å². The molecule has 2 heterocycles. The van der Waals surface area contributed by atoms with Crippen LogP contribution in [0.5, 0.6) is 0 Å². The van der Waals surface area contributed by atoms with Crippen LogP contribution in [0.15, 0.2) is 12.4 Å². The van der Waals surface area contributed by atoms with Crippen molar-refractivity contribution in [2.45, 2.75) is 19.9 Å². The van der Waals surface area contributed by atoms with Crippen molar-refractivity contribution in [3.63, 3.8) is 0 Å². The van der Waals surface area contributed by atoms with E-state index in [1.165, 1.54) is 10.9 Å². The molecule has 9 nitrogen and oxygen atoms in total. The Balaban J connectivity index is 2.29. The Labute approximate surface area is 120 Å². The van der Waals surface area contributed by atoms with Gasteiger partial charge < -0.3 is 10.4 Å². The van der Waals surface area contributed by atoms with Gasteiger partial charge in [-0.25, -0.2) is 9.48 Å². The second kappa shape index (κ2) is 6.16. The zero-order valence-electron chi connectivity index (χ0n) is 11.8. The van der Waals surface area contributed by atoms with Gasteiger partial charge in [0.05, 0.1) is 12.7 Å². The SMILES string of the molecule is CCNC(=O)CCn1nnc(C(=O)O)c1-c1cnn(C)c1. The predicted octanol–water partition coefficient (Wildman–Crippen LogP) is -0.0970. The van der Waals surface area contributed by atoms with Gasteiger partial charge >= 0.3 is 5.97 Å². The Kier molecular flexibility index (Phi) is 4.31. The van der Waals surface area contributed by atoms with Crippen LogP contribution in [0.3, 0.4) is 0 Å². The molecule has 0 aliphatic rings. The van der Waals surface area contributed by atoms with E-state index in [4.69, 9.17) is 0 Å². The molecular formula is C12H16N6O3. The highest BCUT2D eigenvalue weighted by molar-refractivity contribution is 5.92. The van der Waals surface area contributed by atoms with Crippen LogP contribution < -0.4 is 5.32 Å². The number of amides is 1. The van der Waals surface area contributed by atoms with E-state index in [1.54, 1.807) is 17.9 Å². The van der Waals surface area contributed by atoms with Crippen LogP contribution in [0.4, 0.5) is 0 Å². The first-order valence-corrected chi connectivity index (χ1v) is 6.45. The van der Waals surface area contributed by atoms with Crippen molar-refractivity contribution in [1.29, 1.82) is 0 Å². The summed E-state index contributed by atoms with van der Waals surface area (Å²) in [4.78, 5) is 22.7. The third-order valence-electron chi connectivity index (χ3n) is 2.84. The molecule has 0 aromatic carbocycles. The van der Waals surface area contributed by atoms with Crippen LogP contribution in [0.2, 0.25) is 0 Å². The molecule has 2 N–H and O–H groups in total. The number of carboxylic acid groups (broad SMARTS) is 1. The lowest BCUT2D eigenvalue weighted by atomic mass is 10.2.